The zero-order valence-corrected chi connectivity index (χ0v) is 14.1. The molecule has 19 heavy (non-hydrogen) atoms. The summed E-state index contributed by atoms with van der Waals surface area (Å²) in [5, 5.41) is 0. The Kier molecular flexibility index (Phi) is 12.9. The van der Waals surface area contributed by atoms with E-state index in [2.05, 4.69) is 27.7 Å². The summed E-state index contributed by atoms with van der Waals surface area (Å²) in [4.78, 5) is 0. The minimum atomic E-state index is 0.499. The molecular formula is C18H38O. The Hall–Kier alpha value is -0.0400. The largest absolute Gasteiger partial charge is 0.381 e. The van der Waals surface area contributed by atoms with Crippen LogP contribution in [0.4, 0.5) is 0 Å². The van der Waals surface area contributed by atoms with Crippen molar-refractivity contribution in [2.24, 2.45) is 5.41 Å². The summed E-state index contributed by atoms with van der Waals surface area (Å²) < 4.78 is 5.69. The summed E-state index contributed by atoms with van der Waals surface area (Å²) in [5.74, 6) is 0. The molecule has 0 amide bonds. The van der Waals surface area contributed by atoms with Crippen molar-refractivity contribution in [2.75, 3.05) is 13.2 Å². The summed E-state index contributed by atoms with van der Waals surface area (Å²) in [7, 11) is 0. The van der Waals surface area contributed by atoms with E-state index in [1.807, 2.05) is 0 Å². The van der Waals surface area contributed by atoms with Gasteiger partial charge >= 0.3 is 0 Å². The first-order valence-corrected chi connectivity index (χ1v) is 8.64. The molecule has 0 spiro atoms. The third-order valence-corrected chi connectivity index (χ3v) is 3.61. The Morgan fingerprint density at radius 1 is 0.632 bits per heavy atom. The number of ether oxygens (including phenoxy) is 1. The fourth-order valence-corrected chi connectivity index (χ4v) is 2.30. The average Bonchev–Trinajstić information content (AvgIpc) is 2.34. The van der Waals surface area contributed by atoms with Crippen molar-refractivity contribution in [3.05, 3.63) is 0 Å². The first kappa shape index (κ1) is 19.0. The van der Waals surface area contributed by atoms with E-state index in [0.717, 1.165) is 13.2 Å². The molecular weight excluding hydrogens is 232 g/mol. The maximum absolute atomic E-state index is 5.69. The average molecular weight is 271 g/mol. The van der Waals surface area contributed by atoms with Crippen LogP contribution in [0.5, 0.6) is 0 Å². The molecule has 0 bridgehead atoms. The number of hydrogen-bond acceptors (Lipinski definition) is 1. The predicted octanol–water partition coefficient (Wildman–Crippen LogP) is 6.36. The predicted molar refractivity (Wildman–Crippen MR) is 86.7 cm³/mol. The Morgan fingerprint density at radius 2 is 1.11 bits per heavy atom. The zero-order chi connectivity index (χ0) is 14.4. The van der Waals surface area contributed by atoms with Crippen molar-refractivity contribution in [2.45, 2.75) is 98.3 Å². The van der Waals surface area contributed by atoms with Crippen LogP contribution in [0.1, 0.15) is 98.3 Å². The quantitative estimate of drug-likeness (QED) is 0.354. The molecule has 116 valence electrons. The van der Waals surface area contributed by atoms with Crippen LogP contribution in [0.25, 0.3) is 0 Å². The number of unbranched alkanes of at least 4 members (excludes halogenated alkanes) is 8. The van der Waals surface area contributed by atoms with Crippen LogP contribution < -0.4 is 0 Å². The molecule has 0 unspecified atom stereocenters. The van der Waals surface area contributed by atoms with Gasteiger partial charge in [0.25, 0.3) is 0 Å². The van der Waals surface area contributed by atoms with Crippen LogP contribution in [0.3, 0.4) is 0 Å². The monoisotopic (exact) mass is 270 g/mol. The summed E-state index contributed by atoms with van der Waals surface area (Å²) >= 11 is 0. The highest BCUT2D eigenvalue weighted by Crippen LogP contribution is 2.21. The second kappa shape index (κ2) is 13.0. The number of hydrogen-bond donors (Lipinski definition) is 0. The van der Waals surface area contributed by atoms with Gasteiger partial charge in [-0.2, -0.15) is 0 Å². The summed E-state index contributed by atoms with van der Waals surface area (Å²) in [6, 6.07) is 0. The molecule has 0 rings (SSSR count). The zero-order valence-electron chi connectivity index (χ0n) is 14.1. The second-order valence-electron chi connectivity index (χ2n) is 7.11. The standard InChI is InChI=1S/C18H38O/c1-5-6-7-8-9-10-13-16-19-17-14-11-12-15-18(2,3)4/h5-17H2,1-4H3. The van der Waals surface area contributed by atoms with Crippen molar-refractivity contribution in [1.82, 2.24) is 0 Å². The van der Waals surface area contributed by atoms with E-state index in [9.17, 15) is 0 Å². The summed E-state index contributed by atoms with van der Waals surface area (Å²) in [6.07, 6.45) is 14.9. The molecule has 0 aromatic carbocycles. The maximum Gasteiger partial charge on any atom is 0.0466 e. The Bertz CT molecular complexity index is 169. The van der Waals surface area contributed by atoms with Gasteiger partial charge in [0.2, 0.25) is 0 Å². The van der Waals surface area contributed by atoms with Crippen LogP contribution in [-0.2, 0) is 4.74 Å². The summed E-state index contributed by atoms with van der Waals surface area (Å²) in [6.45, 7) is 11.2. The highest BCUT2D eigenvalue weighted by molar-refractivity contribution is 4.60. The van der Waals surface area contributed by atoms with Crippen molar-refractivity contribution >= 4 is 0 Å². The van der Waals surface area contributed by atoms with E-state index in [1.165, 1.54) is 70.6 Å². The van der Waals surface area contributed by atoms with Gasteiger partial charge in [-0.1, -0.05) is 79.1 Å². The van der Waals surface area contributed by atoms with Gasteiger partial charge in [-0.05, 0) is 24.7 Å². The van der Waals surface area contributed by atoms with Crippen molar-refractivity contribution in [1.29, 1.82) is 0 Å². The molecule has 0 aliphatic heterocycles. The normalized spacial score (nSPS) is 12.0. The topological polar surface area (TPSA) is 9.23 Å². The maximum atomic E-state index is 5.69. The summed E-state index contributed by atoms with van der Waals surface area (Å²) in [5.41, 5.74) is 0.499. The minimum absolute atomic E-state index is 0.499. The van der Waals surface area contributed by atoms with Gasteiger partial charge in [0.1, 0.15) is 0 Å². The van der Waals surface area contributed by atoms with Crippen molar-refractivity contribution in [3.63, 3.8) is 0 Å². The SMILES string of the molecule is CCCCCCCCCOCCCCCC(C)(C)C. The molecule has 0 saturated heterocycles. The molecule has 0 aliphatic rings. The van der Waals surface area contributed by atoms with E-state index in [1.54, 1.807) is 0 Å². The molecule has 0 heterocycles. The molecule has 1 nitrogen and oxygen atoms in total. The fourth-order valence-electron chi connectivity index (χ4n) is 2.30. The first-order valence-electron chi connectivity index (χ1n) is 8.64. The minimum Gasteiger partial charge on any atom is -0.381 e. The van der Waals surface area contributed by atoms with E-state index >= 15 is 0 Å². The Balaban J connectivity index is 2.99. The Labute approximate surface area is 122 Å². The van der Waals surface area contributed by atoms with Crippen LogP contribution in [0.2, 0.25) is 0 Å². The molecule has 0 atom stereocenters. The fraction of sp³-hybridized carbons (Fsp3) is 1.00. The molecule has 0 fully saturated rings. The van der Waals surface area contributed by atoms with Gasteiger partial charge < -0.3 is 4.74 Å². The first-order chi connectivity index (χ1) is 9.06. The highest BCUT2D eigenvalue weighted by atomic mass is 16.5. The van der Waals surface area contributed by atoms with Gasteiger partial charge in [0.15, 0.2) is 0 Å². The Morgan fingerprint density at radius 3 is 1.63 bits per heavy atom. The smallest absolute Gasteiger partial charge is 0.0466 e. The van der Waals surface area contributed by atoms with Crippen LogP contribution >= 0.6 is 0 Å². The van der Waals surface area contributed by atoms with Crippen LogP contribution in [0.15, 0.2) is 0 Å². The lowest BCUT2D eigenvalue weighted by Crippen LogP contribution is -2.04. The van der Waals surface area contributed by atoms with Gasteiger partial charge in [-0.3, -0.25) is 0 Å². The lowest BCUT2D eigenvalue weighted by atomic mass is 9.89. The van der Waals surface area contributed by atoms with Crippen LogP contribution in [-0.4, -0.2) is 13.2 Å². The number of rotatable bonds is 13. The third-order valence-electron chi connectivity index (χ3n) is 3.61. The van der Waals surface area contributed by atoms with Crippen molar-refractivity contribution < 1.29 is 4.74 Å². The van der Waals surface area contributed by atoms with E-state index in [-0.39, 0.29) is 0 Å². The molecule has 0 aromatic rings. The van der Waals surface area contributed by atoms with Gasteiger partial charge in [-0.15, -0.1) is 0 Å². The molecule has 1 heteroatoms. The molecule has 0 radical (unpaired) electrons. The van der Waals surface area contributed by atoms with Crippen molar-refractivity contribution in [3.8, 4) is 0 Å². The third kappa shape index (κ3) is 18.0. The van der Waals surface area contributed by atoms with E-state index in [4.69, 9.17) is 4.74 Å². The molecule has 0 saturated carbocycles. The van der Waals surface area contributed by atoms with E-state index < -0.39 is 0 Å². The highest BCUT2D eigenvalue weighted by Gasteiger charge is 2.08. The van der Waals surface area contributed by atoms with E-state index in [0.29, 0.717) is 5.41 Å². The molecule has 0 aliphatic carbocycles. The second-order valence-corrected chi connectivity index (χ2v) is 7.11. The lowest BCUT2D eigenvalue weighted by molar-refractivity contribution is 0.125. The molecule has 0 N–H and O–H groups in total. The van der Waals surface area contributed by atoms with Crippen LogP contribution in [0, 0.1) is 5.41 Å². The van der Waals surface area contributed by atoms with Gasteiger partial charge in [0, 0.05) is 13.2 Å². The van der Waals surface area contributed by atoms with Gasteiger partial charge in [-0.25, -0.2) is 0 Å². The van der Waals surface area contributed by atoms with Gasteiger partial charge in [0.05, 0.1) is 0 Å². The molecule has 0 aromatic heterocycles. The lowest BCUT2D eigenvalue weighted by Gasteiger charge is -2.17.